The van der Waals surface area contributed by atoms with Crippen molar-refractivity contribution >= 4 is 5.96 Å². The highest BCUT2D eigenvalue weighted by atomic mass is 16.5. The molecule has 0 fully saturated rings. The van der Waals surface area contributed by atoms with Crippen molar-refractivity contribution in [1.29, 1.82) is 0 Å². The number of guanidine groups is 1. The minimum Gasteiger partial charge on any atom is -0.481 e. The van der Waals surface area contributed by atoms with Gasteiger partial charge < -0.3 is 15.0 Å². The number of fused-ring (bicyclic) bond motifs is 1. The SMILES string of the molecule is CCNC(=NCc1ccc(OC)nc1)N1CCc2ccccc2C1. The van der Waals surface area contributed by atoms with Gasteiger partial charge in [-0.15, -0.1) is 0 Å². The molecule has 0 aliphatic carbocycles. The van der Waals surface area contributed by atoms with E-state index < -0.39 is 0 Å². The summed E-state index contributed by atoms with van der Waals surface area (Å²) in [6, 6.07) is 12.5. The van der Waals surface area contributed by atoms with E-state index in [1.807, 2.05) is 18.3 Å². The van der Waals surface area contributed by atoms with Crippen LogP contribution in [0.15, 0.2) is 47.6 Å². The summed E-state index contributed by atoms with van der Waals surface area (Å²) in [7, 11) is 1.62. The van der Waals surface area contributed by atoms with Gasteiger partial charge in [0.05, 0.1) is 13.7 Å². The highest BCUT2D eigenvalue weighted by molar-refractivity contribution is 5.80. The van der Waals surface area contributed by atoms with Gasteiger partial charge in [-0.1, -0.05) is 30.3 Å². The van der Waals surface area contributed by atoms with Gasteiger partial charge in [0, 0.05) is 31.9 Å². The topological polar surface area (TPSA) is 49.8 Å². The Bertz CT molecular complexity index is 697. The molecule has 0 amide bonds. The van der Waals surface area contributed by atoms with Gasteiger partial charge in [-0.2, -0.15) is 0 Å². The largest absolute Gasteiger partial charge is 0.481 e. The molecule has 5 nitrogen and oxygen atoms in total. The Labute approximate surface area is 143 Å². The van der Waals surface area contributed by atoms with Crippen LogP contribution in [0.25, 0.3) is 0 Å². The van der Waals surface area contributed by atoms with Crippen LogP contribution in [-0.4, -0.2) is 36.0 Å². The zero-order chi connectivity index (χ0) is 16.8. The molecule has 0 bridgehead atoms. The van der Waals surface area contributed by atoms with E-state index in [0.717, 1.165) is 37.6 Å². The lowest BCUT2D eigenvalue weighted by Gasteiger charge is -2.31. The molecule has 0 unspecified atom stereocenters. The molecule has 0 saturated carbocycles. The number of aromatic nitrogens is 1. The summed E-state index contributed by atoms with van der Waals surface area (Å²) in [6.45, 7) is 5.46. The fourth-order valence-corrected chi connectivity index (χ4v) is 2.89. The lowest BCUT2D eigenvalue weighted by molar-refractivity contribution is 0.378. The Morgan fingerprint density at radius 1 is 1.25 bits per heavy atom. The van der Waals surface area contributed by atoms with Crippen molar-refractivity contribution in [3.05, 3.63) is 59.3 Å². The van der Waals surface area contributed by atoms with E-state index >= 15 is 0 Å². The molecule has 1 aromatic heterocycles. The van der Waals surface area contributed by atoms with Gasteiger partial charge in [0.25, 0.3) is 0 Å². The molecular formula is C19H24N4O. The van der Waals surface area contributed by atoms with E-state index in [1.54, 1.807) is 7.11 Å². The Kier molecular flexibility index (Phi) is 5.31. The van der Waals surface area contributed by atoms with Crippen molar-refractivity contribution in [3.8, 4) is 5.88 Å². The number of nitrogens with one attached hydrogen (secondary N) is 1. The fourth-order valence-electron chi connectivity index (χ4n) is 2.89. The number of nitrogens with zero attached hydrogens (tertiary/aromatic N) is 3. The zero-order valence-corrected chi connectivity index (χ0v) is 14.3. The van der Waals surface area contributed by atoms with Crippen molar-refractivity contribution in [3.63, 3.8) is 0 Å². The van der Waals surface area contributed by atoms with Crippen molar-refractivity contribution in [2.45, 2.75) is 26.4 Å². The number of hydrogen-bond donors (Lipinski definition) is 1. The van der Waals surface area contributed by atoms with Crippen LogP contribution in [0.3, 0.4) is 0 Å². The first-order chi connectivity index (χ1) is 11.8. The van der Waals surface area contributed by atoms with Crippen LogP contribution in [0.2, 0.25) is 0 Å². The first kappa shape index (κ1) is 16.3. The summed E-state index contributed by atoms with van der Waals surface area (Å²) in [5, 5.41) is 3.41. The van der Waals surface area contributed by atoms with Gasteiger partial charge in [-0.3, -0.25) is 0 Å². The van der Waals surface area contributed by atoms with Gasteiger partial charge in [0.15, 0.2) is 5.96 Å². The molecule has 3 rings (SSSR count). The van der Waals surface area contributed by atoms with Crippen LogP contribution in [0.5, 0.6) is 5.88 Å². The second-order valence-corrected chi connectivity index (χ2v) is 5.82. The van der Waals surface area contributed by atoms with Crippen molar-refractivity contribution in [2.75, 3.05) is 20.2 Å². The minimum absolute atomic E-state index is 0.609. The normalized spacial score (nSPS) is 14.2. The Morgan fingerprint density at radius 3 is 2.79 bits per heavy atom. The third-order valence-electron chi connectivity index (χ3n) is 4.18. The molecule has 0 radical (unpaired) electrons. The first-order valence-corrected chi connectivity index (χ1v) is 8.39. The van der Waals surface area contributed by atoms with Crippen molar-refractivity contribution in [2.24, 2.45) is 4.99 Å². The van der Waals surface area contributed by atoms with Crippen LogP contribution < -0.4 is 10.1 Å². The van der Waals surface area contributed by atoms with Crippen LogP contribution in [0.1, 0.15) is 23.6 Å². The smallest absolute Gasteiger partial charge is 0.212 e. The van der Waals surface area contributed by atoms with Crippen LogP contribution >= 0.6 is 0 Å². The van der Waals surface area contributed by atoms with E-state index in [4.69, 9.17) is 9.73 Å². The number of pyridine rings is 1. The van der Waals surface area contributed by atoms with Gasteiger partial charge in [-0.05, 0) is 30.0 Å². The summed E-state index contributed by atoms with van der Waals surface area (Å²) < 4.78 is 5.09. The van der Waals surface area contributed by atoms with E-state index in [1.165, 1.54) is 11.1 Å². The van der Waals surface area contributed by atoms with Crippen LogP contribution in [0, 0.1) is 0 Å². The molecule has 2 heterocycles. The lowest BCUT2D eigenvalue weighted by Crippen LogP contribution is -2.44. The minimum atomic E-state index is 0.609. The Hall–Kier alpha value is -2.56. The number of methoxy groups -OCH3 is 1. The van der Waals surface area contributed by atoms with Gasteiger partial charge in [0.2, 0.25) is 5.88 Å². The average molecular weight is 324 g/mol. The molecular weight excluding hydrogens is 300 g/mol. The van der Waals surface area contributed by atoms with Crippen LogP contribution in [-0.2, 0) is 19.5 Å². The molecule has 126 valence electrons. The number of ether oxygens (including phenoxy) is 1. The van der Waals surface area contributed by atoms with E-state index in [-0.39, 0.29) is 0 Å². The maximum absolute atomic E-state index is 5.09. The molecule has 0 atom stereocenters. The lowest BCUT2D eigenvalue weighted by atomic mass is 10.0. The third kappa shape index (κ3) is 3.85. The highest BCUT2D eigenvalue weighted by Gasteiger charge is 2.18. The van der Waals surface area contributed by atoms with Gasteiger partial charge in [-0.25, -0.2) is 9.98 Å². The maximum atomic E-state index is 5.09. The number of rotatable bonds is 4. The second-order valence-electron chi connectivity index (χ2n) is 5.82. The molecule has 24 heavy (non-hydrogen) atoms. The summed E-state index contributed by atoms with van der Waals surface area (Å²) in [4.78, 5) is 11.3. The summed E-state index contributed by atoms with van der Waals surface area (Å²) in [5.74, 6) is 1.59. The summed E-state index contributed by atoms with van der Waals surface area (Å²) >= 11 is 0. The monoisotopic (exact) mass is 324 g/mol. The summed E-state index contributed by atoms with van der Waals surface area (Å²) in [5.41, 5.74) is 3.91. The van der Waals surface area contributed by atoms with Gasteiger partial charge in [0.1, 0.15) is 0 Å². The molecule has 0 spiro atoms. The second kappa shape index (κ2) is 7.81. The average Bonchev–Trinajstić information content (AvgIpc) is 2.65. The van der Waals surface area contributed by atoms with E-state index in [0.29, 0.717) is 12.4 Å². The predicted molar refractivity (Wildman–Crippen MR) is 96.2 cm³/mol. The van der Waals surface area contributed by atoms with Gasteiger partial charge >= 0.3 is 0 Å². The number of benzene rings is 1. The predicted octanol–water partition coefficient (Wildman–Crippen LogP) is 2.61. The standard InChI is InChI=1S/C19H24N4O/c1-3-20-19(22-13-15-8-9-18(24-2)21-12-15)23-11-10-16-6-4-5-7-17(16)14-23/h4-9,12H,3,10-11,13-14H2,1-2H3,(H,20,22). The molecule has 2 aromatic rings. The number of hydrogen-bond acceptors (Lipinski definition) is 3. The fraction of sp³-hybridized carbons (Fsp3) is 0.368. The molecule has 0 saturated heterocycles. The van der Waals surface area contributed by atoms with Crippen molar-refractivity contribution < 1.29 is 4.74 Å². The molecule has 1 aliphatic heterocycles. The van der Waals surface area contributed by atoms with Crippen LogP contribution in [0.4, 0.5) is 0 Å². The molecule has 1 aromatic carbocycles. The maximum Gasteiger partial charge on any atom is 0.212 e. The first-order valence-electron chi connectivity index (χ1n) is 8.39. The molecule has 5 heteroatoms. The molecule has 1 aliphatic rings. The molecule has 1 N–H and O–H groups in total. The zero-order valence-electron chi connectivity index (χ0n) is 14.3. The van der Waals surface area contributed by atoms with Crippen molar-refractivity contribution in [1.82, 2.24) is 15.2 Å². The quantitative estimate of drug-likeness (QED) is 0.694. The number of aliphatic imine (C=N–C) groups is 1. The highest BCUT2D eigenvalue weighted by Crippen LogP contribution is 2.18. The summed E-state index contributed by atoms with van der Waals surface area (Å²) in [6.07, 6.45) is 2.88. The van der Waals surface area contributed by atoms with E-state index in [9.17, 15) is 0 Å². The third-order valence-corrected chi connectivity index (χ3v) is 4.18. The van der Waals surface area contributed by atoms with E-state index in [2.05, 4.69) is 46.4 Å². The Morgan fingerprint density at radius 2 is 2.08 bits per heavy atom. The Balaban J connectivity index is 1.72.